The van der Waals surface area contributed by atoms with E-state index in [0.717, 1.165) is 6.54 Å². The zero-order valence-electron chi connectivity index (χ0n) is 15.2. The molecule has 0 radical (unpaired) electrons. The minimum absolute atomic E-state index is 0.0244. The van der Waals surface area contributed by atoms with Crippen LogP contribution in [0.1, 0.15) is 32.1 Å². The van der Waals surface area contributed by atoms with Gasteiger partial charge in [-0.3, -0.25) is 19.8 Å². The van der Waals surface area contributed by atoms with E-state index in [4.69, 9.17) is 9.26 Å². The van der Waals surface area contributed by atoms with Gasteiger partial charge in [-0.15, -0.1) is 0 Å². The Kier molecular flexibility index (Phi) is 6.12. The Morgan fingerprint density at radius 1 is 1.44 bits per heavy atom. The van der Waals surface area contributed by atoms with Crippen molar-refractivity contribution in [3.63, 3.8) is 0 Å². The van der Waals surface area contributed by atoms with E-state index in [-0.39, 0.29) is 11.7 Å². The molecule has 1 aromatic carbocycles. The van der Waals surface area contributed by atoms with Crippen LogP contribution >= 0.6 is 0 Å². The maximum absolute atomic E-state index is 11.6. The highest BCUT2D eigenvalue weighted by atomic mass is 16.6. The number of benzene rings is 1. The number of carbonyl (C=O) groups is 1. The number of nitro groups is 1. The first-order valence-electron chi connectivity index (χ1n) is 9.00. The quantitative estimate of drug-likeness (QED) is 0.354. The fraction of sp³-hybridized carbons (Fsp3) is 0.500. The van der Waals surface area contributed by atoms with Crippen LogP contribution in [0.25, 0.3) is 11.4 Å². The van der Waals surface area contributed by atoms with E-state index in [1.54, 1.807) is 19.1 Å². The molecule has 1 heterocycles. The van der Waals surface area contributed by atoms with E-state index in [9.17, 15) is 14.9 Å². The van der Waals surface area contributed by atoms with Gasteiger partial charge in [-0.2, -0.15) is 4.98 Å². The number of nitro benzene ring substituents is 1. The lowest BCUT2D eigenvalue weighted by molar-refractivity contribution is -0.384. The average Bonchev–Trinajstić information content (AvgIpc) is 3.35. The standard InChI is InChI=1S/C18H22N4O5/c1-2-26-17(23)8-9-21(11-13-6-7-13)12-16-19-18(20-27-16)14-4-3-5-15(10-14)22(24)25/h3-5,10,13H,2,6-9,11-12H2,1H3. The van der Waals surface area contributed by atoms with Crippen LogP contribution in [0.15, 0.2) is 28.8 Å². The molecule has 27 heavy (non-hydrogen) atoms. The van der Waals surface area contributed by atoms with Crippen molar-refractivity contribution in [3.05, 3.63) is 40.3 Å². The first-order valence-corrected chi connectivity index (χ1v) is 9.00. The zero-order chi connectivity index (χ0) is 19.2. The average molecular weight is 374 g/mol. The van der Waals surface area contributed by atoms with Crippen molar-refractivity contribution >= 4 is 11.7 Å². The third kappa shape index (κ3) is 5.58. The van der Waals surface area contributed by atoms with Gasteiger partial charge < -0.3 is 9.26 Å². The summed E-state index contributed by atoms with van der Waals surface area (Å²) in [6, 6.07) is 6.11. The molecule has 2 aromatic rings. The number of ether oxygens (including phenoxy) is 1. The molecule has 0 aliphatic heterocycles. The van der Waals surface area contributed by atoms with Gasteiger partial charge in [0.1, 0.15) is 0 Å². The molecule has 3 rings (SSSR count). The highest BCUT2D eigenvalue weighted by Crippen LogP contribution is 2.30. The number of esters is 1. The number of nitrogens with zero attached hydrogens (tertiary/aromatic N) is 4. The molecule has 0 saturated heterocycles. The van der Waals surface area contributed by atoms with Crippen molar-refractivity contribution in [2.75, 3.05) is 19.7 Å². The second kappa shape index (κ2) is 8.72. The van der Waals surface area contributed by atoms with Gasteiger partial charge in [0.15, 0.2) is 0 Å². The summed E-state index contributed by atoms with van der Waals surface area (Å²) in [6.45, 7) is 4.01. The van der Waals surface area contributed by atoms with E-state index in [2.05, 4.69) is 15.0 Å². The van der Waals surface area contributed by atoms with E-state index in [0.29, 0.717) is 49.3 Å². The number of non-ortho nitro benzene ring substituents is 1. The molecule has 0 amide bonds. The lowest BCUT2D eigenvalue weighted by Gasteiger charge is -2.19. The zero-order valence-corrected chi connectivity index (χ0v) is 15.2. The van der Waals surface area contributed by atoms with E-state index in [1.807, 2.05) is 0 Å². The summed E-state index contributed by atoms with van der Waals surface area (Å²) < 4.78 is 10.3. The molecular weight excluding hydrogens is 352 g/mol. The SMILES string of the molecule is CCOC(=O)CCN(Cc1nc(-c2cccc([N+](=O)[O-])c2)no1)CC1CC1. The van der Waals surface area contributed by atoms with Crippen LogP contribution in [0.2, 0.25) is 0 Å². The molecule has 1 fully saturated rings. The van der Waals surface area contributed by atoms with Gasteiger partial charge in [-0.1, -0.05) is 17.3 Å². The lowest BCUT2D eigenvalue weighted by Crippen LogP contribution is -2.28. The normalized spacial score (nSPS) is 13.7. The molecule has 0 unspecified atom stereocenters. The van der Waals surface area contributed by atoms with Crippen LogP contribution in [0, 0.1) is 16.0 Å². The predicted molar refractivity (Wildman–Crippen MR) is 95.6 cm³/mol. The molecule has 1 aliphatic rings. The smallest absolute Gasteiger partial charge is 0.307 e. The molecule has 0 N–H and O–H groups in total. The Morgan fingerprint density at radius 3 is 2.96 bits per heavy atom. The van der Waals surface area contributed by atoms with Gasteiger partial charge >= 0.3 is 5.97 Å². The van der Waals surface area contributed by atoms with Crippen LogP contribution in [0.3, 0.4) is 0 Å². The van der Waals surface area contributed by atoms with Crippen LogP contribution in [0.4, 0.5) is 5.69 Å². The minimum Gasteiger partial charge on any atom is -0.466 e. The molecule has 0 bridgehead atoms. The molecule has 144 valence electrons. The molecule has 1 aliphatic carbocycles. The summed E-state index contributed by atoms with van der Waals surface area (Å²) in [5, 5.41) is 14.8. The summed E-state index contributed by atoms with van der Waals surface area (Å²) >= 11 is 0. The van der Waals surface area contributed by atoms with Gasteiger partial charge in [0.2, 0.25) is 11.7 Å². The first-order chi connectivity index (χ1) is 13.0. The van der Waals surface area contributed by atoms with Crippen molar-refractivity contribution in [2.24, 2.45) is 5.92 Å². The molecule has 9 nitrogen and oxygen atoms in total. The monoisotopic (exact) mass is 374 g/mol. The second-order valence-electron chi connectivity index (χ2n) is 6.55. The molecular formula is C18H22N4O5. The van der Waals surface area contributed by atoms with E-state index < -0.39 is 4.92 Å². The van der Waals surface area contributed by atoms with Gasteiger partial charge in [-0.25, -0.2) is 0 Å². The fourth-order valence-corrected chi connectivity index (χ4v) is 2.77. The summed E-state index contributed by atoms with van der Waals surface area (Å²) in [6.07, 6.45) is 2.70. The number of rotatable bonds is 10. The molecule has 9 heteroatoms. The van der Waals surface area contributed by atoms with E-state index >= 15 is 0 Å². The van der Waals surface area contributed by atoms with Crippen LogP contribution < -0.4 is 0 Å². The maximum Gasteiger partial charge on any atom is 0.307 e. The highest BCUT2D eigenvalue weighted by molar-refractivity contribution is 5.69. The fourth-order valence-electron chi connectivity index (χ4n) is 2.77. The van der Waals surface area contributed by atoms with Crippen molar-refractivity contribution in [1.29, 1.82) is 0 Å². The summed E-state index contributed by atoms with van der Waals surface area (Å²) in [5.74, 6) is 1.15. The van der Waals surface area contributed by atoms with Gasteiger partial charge in [0, 0.05) is 30.8 Å². The highest BCUT2D eigenvalue weighted by Gasteiger charge is 2.26. The van der Waals surface area contributed by atoms with Gasteiger partial charge in [0.05, 0.1) is 24.5 Å². The Balaban J connectivity index is 1.65. The Bertz CT molecular complexity index is 803. The van der Waals surface area contributed by atoms with Crippen molar-refractivity contribution < 1.29 is 19.0 Å². The topological polar surface area (TPSA) is 112 Å². The number of aromatic nitrogens is 2. The number of hydrogen-bond acceptors (Lipinski definition) is 8. The molecule has 1 aromatic heterocycles. The third-order valence-electron chi connectivity index (χ3n) is 4.29. The maximum atomic E-state index is 11.6. The summed E-state index contributed by atoms with van der Waals surface area (Å²) in [5.41, 5.74) is 0.503. The third-order valence-corrected chi connectivity index (χ3v) is 4.29. The lowest BCUT2D eigenvalue weighted by atomic mass is 10.2. The van der Waals surface area contributed by atoms with Crippen molar-refractivity contribution in [1.82, 2.24) is 15.0 Å². The van der Waals surface area contributed by atoms with Gasteiger partial charge in [-0.05, 0) is 25.7 Å². The Labute approximate surface area is 156 Å². The first kappa shape index (κ1) is 19.0. The molecule has 1 saturated carbocycles. The predicted octanol–water partition coefficient (Wildman–Crippen LogP) is 2.81. The summed E-state index contributed by atoms with van der Waals surface area (Å²) in [7, 11) is 0. The largest absolute Gasteiger partial charge is 0.466 e. The van der Waals surface area contributed by atoms with Crippen molar-refractivity contribution in [2.45, 2.75) is 32.7 Å². The number of carbonyl (C=O) groups excluding carboxylic acids is 1. The number of hydrogen-bond donors (Lipinski definition) is 0. The Morgan fingerprint density at radius 2 is 2.26 bits per heavy atom. The second-order valence-corrected chi connectivity index (χ2v) is 6.55. The summed E-state index contributed by atoms with van der Waals surface area (Å²) in [4.78, 5) is 28.5. The molecule has 0 spiro atoms. The van der Waals surface area contributed by atoms with Crippen molar-refractivity contribution in [3.8, 4) is 11.4 Å². The minimum atomic E-state index is -0.461. The van der Waals surface area contributed by atoms with Crippen LogP contribution in [-0.4, -0.2) is 45.6 Å². The van der Waals surface area contributed by atoms with E-state index in [1.165, 1.54) is 25.0 Å². The van der Waals surface area contributed by atoms with Crippen LogP contribution in [-0.2, 0) is 16.1 Å². The molecule has 0 atom stereocenters. The van der Waals surface area contributed by atoms with Gasteiger partial charge in [0.25, 0.3) is 5.69 Å². The Hall–Kier alpha value is -2.81. The van der Waals surface area contributed by atoms with Crippen LogP contribution in [0.5, 0.6) is 0 Å².